The summed E-state index contributed by atoms with van der Waals surface area (Å²) >= 11 is 0. The monoisotopic (exact) mass is 295 g/mol. The number of aromatic nitrogens is 2. The van der Waals surface area contributed by atoms with Crippen molar-refractivity contribution in [3.63, 3.8) is 0 Å². The Morgan fingerprint density at radius 3 is 2.81 bits per heavy atom. The van der Waals surface area contributed by atoms with Gasteiger partial charge in [0.15, 0.2) is 0 Å². The molecule has 0 fully saturated rings. The summed E-state index contributed by atoms with van der Waals surface area (Å²) in [6.45, 7) is 7.38. The first kappa shape index (κ1) is 17.2. The maximum atomic E-state index is 10.9. The van der Waals surface area contributed by atoms with E-state index < -0.39 is 5.97 Å². The number of carboxylic acids is 1. The molecule has 6 heteroatoms. The Morgan fingerprint density at radius 2 is 2.19 bits per heavy atom. The fourth-order valence-electron chi connectivity index (χ4n) is 2.11. The summed E-state index contributed by atoms with van der Waals surface area (Å²) in [6.07, 6.45) is 5.12. The van der Waals surface area contributed by atoms with Gasteiger partial charge in [0.25, 0.3) is 0 Å². The van der Waals surface area contributed by atoms with Crippen molar-refractivity contribution in [2.75, 3.05) is 18.5 Å². The van der Waals surface area contributed by atoms with E-state index in [0.717, 1.165) is 12.8 Å². The Labute approximate surface area is 126 Å². The van der Waals surface area contributed by atoms with Gasteiger partial charge in [0.2, 0.25) is 5.88 Å². The zero-order valence-corrected chi connectivity index (χ0v) is 13.0. The molecule has 0 aliphatic rings. The lowest BCUT2D eigenvalue weighted by Crippen LogP contribution is -2.20. The van der Waals surface area contributed by atoms with Crippen molar-refractivity contribution in [3.05, 3.63) is 12.4 Å². The maximum Gasteiger partial charge on any atom is 0.303 e. The minimum absolute atomic E-state index is 0.0736. The van der Waals surface area contributed by atoms with Crippen molar-refractivity contribution in [1.82, 2.24) is 9.97 Å². The lowest BCUT2D eigenvalue weighted by Gasteiger charge is -2.18. The summed E-state index contributed by atoms with van der Waals surface area (Å²) in [6, 6.07) is 0. The fraction of sp³-hybridized carbons (Fsp3) is 0.667. The summed E-state index contributed by atoms with van der Waals surface area (Å²) in [5, 5.41) is 12.1. The highest BCUT2D eigenvalue weighted by Gasteiger charge is 2.15. The van der Waals surface area contributed by atoms with E-state index in [-0.39, 0.29) is 12.3 Å². The molecule has 0 aliphatic heterocycles. The van der Waals surface area contributed by atoms with E-state index in [1.54, 1.807) is 12.4 Å². The van der Waals surface area contributed by atoms with Crippen molar-refractivity contribution in [1.29, 1.82) is 0 Å². The molecule has 1 aromatic heterocycles. The molecule has 21 heavy (non-hydrogen) atoms. The second-order valence-corrected chi connectivity index (χ2v) is 5.57. The molecule has 6 nitrogen and oxygen atoms in total. The average Bonchev–Trinajstić information content (AvgIpc) is 2.42. The molecule has 1 unspecified atom stereocenters. The minimum atomic E-state index is -0.770. The van der Waals surface area contributed by atoms with Gasteiger partial charge in [-0.25, -0.2) is 0 Å². The molecule has 1 rings (SSSR count). The zero-order valence-electron chi connectivity index (χ0n) is 13.0. The number of nitrogens with zero attached hydrogens (tertiary/aromatic N) is 2. The molecule has 0 radical (unpaired) electrons. The molecule has 0 amide bonds. The van der Waals surface area contributed by atoms with Crippen LogP contribution < -0.4 is 10.1 Å². The Balaban J connectivity index is 2.55. The molecule has 0 aromatic carbocycles. The number of nitrogens with one attached hydrogen (secondary N) is 1. The normalized spacial score (nSPS) is 12.2. The molecule has 0 bridgehead atoms. The SMILES string of the molecule is CCCOc1cncc(NCC(CC(=O)O)CC(C)C)n1. The third kappa shape index (κ3) is 7.48. The predicted octanol–water partition coefficient (Wildman–Crippen LogP) is 2.81. The third-order valence-corrected chi connectivity index (χ3v) is 2.91. The summed E-state index contributed by atoms with van der Waals surface area (Å²) in [5.41, 5.74) is 0. The van der Waals surface area contributed by atoms with E-state index in [1.807, 2.05) is 6.92 Å². The molecular formula is C15H25N3O3. The number of rotatable bonds is 10. The van der Waals surface area contributed by atoms with E-state index in [9.17, 15) is 4.79 Å². The molecule has 1 atom stereocenters. The quantitative estimate of drug-likeness (QED) is 0.690. The lowest BCUT2D eigenvalue weighted by atomic mass is 9.94. The molecule has 2 N–H and O–H groups in total. The third-order valence-electron chi connectivity index (χ3n) is 2.91. The van der Waals surface area contributed by atoms with Crippen molar-refractivity contribution in [2.24, 2.45) is 11.8 Å². The molecule has 0 saturated heterocycles. The van der Waals surface area contributed by atoms with E-state index >= 15 is 0 Å². The van der Waals surface area contributed by atoms with Crippen LogP contribution in [0.2, 0.25) is 0 Å². The Kier molecular flexibility index (Phi) is 7.50. The number of ether oxygens (including phenoxy) is 1. The van der Waals surface area contributed by atoms with Crippen LogP contribution in [0.25, 0.3) is 0 Å². The Bertz CT molecular complexity index is 438. The van der Waals surface area contributed by atoms with Gasteiger partial charge in [-0.15, -0.1) is 0 Å². The van der Waals surface area contributed by atoms with Crippen LogP contribution >= 0.6 is 0 Å². The summed E-state index contributed by atoms with van der Waals surface area (Å²) < 4.78 is 5.42. The number of hydrogen-bond acceptors (Lipinski definition) is 5. The van der Waals surface area contributed by atoms with Crippen LogP contribution in [0.15, 0.2) is 12.4 Å². The maximum absolute atomic E-state index is 10.9. The van der Waals surface area contributed by atoms with Gasteiger partial charge < -0.3 is 15.2 Å². The van der Waals surface area contributed by atoms with Crippen molar-refractivity contribution >= 4 is 11.8 Å². The first-order valence-electron chi connectivity index (χ1n) is 7.41. The van der Waals surface area contributed by atoms with E-state index in [4.69, 9.17) is 9.84 Å². The Hall–Kier alpha value is -1.85. The second kappa shape index (κ2) is 9.15. The zero-order chi connectivity index (χ0) is 15.7. The van der Waals surface area contributed by atoms with Gasteiger partial charge in [0, 0.05) is 13.0 Å². The topological polar surface area (TPSA) is 84.3 Å². The van der Waals surface area contributed by atoms with Crippen LogP contribution in [-0.4, -0.2) is 34.2 Å². The van der Waals surface area contributed by atoms with Gasteiger partial charge in [-0.2, -0.15) is 4.98 Å². The number of carboxylic acid groups (broad SMARTS) is 1. The summed E-state index contributed by atoms with van der Waals surface area (Å²) in [5.74, 6) is 0.864. The van der Waals surface area contributed by atoms with Crippen LogP contribution in [-0.2, 0) is 4.79 Å². The molecule has 118 valence electrons. The highest BCUT2D eigenvalue weighted by Crippen LogP contribution is 2.17. The molecule has 0 aliphatic carbocycles. The average molecular weight is 295 g/mol. The smallest absolute Gasteiger partial charge is 0.303 e. The first-order chi connectivity index (χ1) is 10.0. The van der Waals surface area contributed by atoms with Crippen LogP contribution in [0.5, 0.6) is 5.88 Å². The predicted molar refractivity (Wildman–Crippen MR) is 81.5 cm³/mol. The second-order valence-electron chi connectivity index (χ2n) is 5.57. The Morgan fingerprint density at radius 1 is 1.43 bits per heavy atom. The molecular weight excluding hydrogens is 270 g/mol. The van der Waals surface area contributed by atoms with E-state index in [2.05, 4.69) is 29.1 Å². The van der Waals surface area contributed by atoms with Crippen molar-refractivity contribution in [2.45, 2.75) is 40.0 Å². The fourth-order valence-corrected chi connectivity index (χ4v) is 2.11. The standard InChI is InChI=1S/C15H25N3O3/c1-4-5-21-14-10-16-9-13(18-14)17-8-12(6-11(2)3)7-15(19)20/h9-12H,4-8H2,1-3H3,(H,17,18)(H,19,20). The number of anilines is 1. The highest BCUT2D eigenvalue weighted by molar-refractivity contribution is 5.67. The van der Waals surface area contributed by atoms with Crippen molar-refractivity contribution in [3.8, 4) is 5.88 Å². The number of aliphatic carboxylic acids is 1. The lowest BCUT2D eigenvalue weighted by molar-refractivity contribution is -0.138. The highest BCUT2D eigenvalue weighted by atomic mass is 16.5. The van der Waals surface area contributed by atoms with Crippen LogP contribution in [0, 0.1) is 11.8 Å². The van der Waals surface area contributed by atoms with Crippen LogP contribution in [0.4, 0.5) is 5.82 Å². The summed E-state index contributed by atoms with van der Waals surface area (Å²) in [7, 11) is 0. The van der Waals surface area contributed by atoms with Gasteiger partial charge in [-0.3, -0.25) is 9.78 Å². The minimum Gasteiger partial charge on any atom is -0.481 e. The summed E-state index contributed by atoms with van der Waals surface area (Å²) in [4.78, 5) is 19.3. The molecule has 0 saturated carbocycles. The van der Waals surface area contributed by atoms with Crippen LogP contribution in [0.1, 0.15) is 40.0 Å². The van der Waals surface area contributed by atoms with Gasteiger partial charge in [0.05, 0.1) is 19.0 Å². The van der Waals surface area contributed by atoms with E-state index in [0.29, 0.717) is 30.8 Å². The largest absolute Gasteiger partial charge is 0.481 e. The van der Waals surface area contributed by atoms with Gasteiger partial charge in [-0.1, -0.05) is 20.8 Å². The molecule has 0 spiro atoms. The molecule has 1 aromatic rings. The van der Waals surface area contributed by atoms with Crippen molar-refractivity contribution < 1.29 is 14.6 Å². The van der Waals surface area contributed by atoms with Gasteiger partial charge in [-0.05, 0) is 24.7 Å². The van der Waals surface area contributed by atoms with Gasteiger partial charge >= 0.3 is 5.97 Å². The van der Waals surface area contributed by atoms with E-state index in [1.165, 1.54) is 0 Å². The number of carbonyl (C=O) groups is 1. The molecule has 1 heterocycles. The number of hydrogen-bond donors (Lipinski definition) is 2. The van der Waals surface area contributed by atoms with Gasteiger partial charge in [0.1, 0.15) is 5.82 Å². The first-order valence-corrected chi connectivity index (χ1v) is 7.41. The van der Waals surface area contributed by atoms with Crippen LogP contribution in [0.3, 0.4) is 0 Å².